The van der Waals surface area contributed by atoms with Gasteiger partial charge in [-0.05, 0) is 67.6 Å². The van der Waals surface area contributed by atoms with Gasteiger partial charge in [0.1, 0.15) is 11.3 Å². The van der Waals surface area contributed by atoms with Gasteiger partial charge >= 0.3 is 11.7 Å². The molecule has 0 aromatic heterocycles. The van der Waals surface area contributed by atoms with Crippen molar-refractivity contribution in [1.82, 2.24) is 5.43 Å². The fourth-order valence-corrected chi connectivity index (χ4v) is 3.90. The van der Waals surface area contributed by atoms with E-state index in [2.05, 4.69) is 15.8 Å². The first-order chi connectivity index (χ1) is 20.2. The molecule has 0 saturated heterocycles. The van der Waals surface area contributed by atoms with Gasteiger partial charge in [-0.2, -0.15) is 5.10 Å². The van der Waals surface area contributed by atoms with Crippen LogP contribution >= 0.6 is 11.6 Å². The predicted molar refractivity (Wildman–Crippen MR) is 157 cm³/mol. The van der Waals surface area contributed by atoms with Gasteiger partial charge in [0.25, 0.3) is 11.8 Å². The molecule has 0 spiro atoms. The molecule has 0 bridgehead atoms. The second-order valence-electron chi connectivity index (χ2n) is 8.78. The third kappa shape index (κ3) is 7.14. The number of carbonyl (C=O) groups excluding carboxylic acids is 3. The summed E-state index contributed by atoms with van der Waals surface area (Å²) in [6, 6.07) is 21.5. The second kappa shape index (κ2) is 13.2. The molecular weight excluding hydrogens is 564 g/mol. The Morgan fingerprint density at radius 3 is 2.26 bits per heavy atom. The van der Waals surface area contributed by atoms with Gasteiger partial charge < -0.3 is 14.8 Å². The Kier molecular flexibility index (Phi) is 9.25. The first kappa shape index (κ1) is 29.4. The number of nitrogens with zero attached hydrogens (tertiary/aromatic N) is 2. The molecule has 4 rings (SSSR count). The van der Waals surface area contributed by atoms with Crippen LogP contribution in [-0.2, 0) is 0 Å². The monoisotopic (exact) mass is 586 g/mol. The van der Waals surface area contributed by atoms with Crippen LogP contribution in [0.1, 0.15) is 42.2 Å². The zero-order chi connectivity index (χ0) is 30.2. The summed E-state index contributed by atoms with van der Waals surface area (Å²) in [6.07, 6.45) is 1.11. The summed E-state index contributed by atoms with van der Waals surface area (Å²) in [5, 5.41) is 18.5. The number of hydrogen-bond acceptors (Lipinski definition) is 8. The van der Waals surface area contributed by atoms with Crippen LogP contribution in [0, 0.1) is 17.0 Å². The lowest BCUT2D eigenvalue weighted by molar-refractivity contribution is -0.385. The van der Waals surface area contributed by atoms with E-state index in [0.29, 0.717) is 11.3 Å². The van der Waals surface area contributed by atoms with Crippen LogP contribution in [0.4, 0.5) is 11.4 Å². The number of nitrogens with one attached hydrogen (secondary N) is 2. The molecule has 11 nitrogen and oxygen atoms in total. The van der Waals surface area contributed by atoms with Gasteiger partial charge in [-0.25, -0.2) is 10.2 Å². The van der Waals surface area contributed by atoms with Crippen molar-refractivity contribution in [2.45, 2.75) is 6.92 Å². The van der Waals surface area contributed by atoms with E-state index in [4.69, 9.17) is 21.1 Å². The molecule has 42 heavy (non-hydrogen) atoms. The maximum Gasteiger partial charge on any atom is 0.347 e. The molecule has 0 heterocycles. The van der Waals surface area contributed by atoms with Gasteiger partial charge in [0.15, 0.2) is 0 Å². The molecule has 0 unspecified atom stereocenters. The highest BCUT2D eigenvalue weighted by atomic mass is 35.5. The number of hydrogen-bond donors (Lipinski definition) is 2. The van der Waals surface area contributed by atoms with Crippen LogP contribution in [0.3, 0.4) is 0 Å². The third-order valence-corrected chi connectivity index (χ3v) is 6.12. The summed E-state index contributed by atoms with van der Waals surface area (Å²) < 4.78 is 10.6. The Bertz CT molecular complexity index is 1690. The van der Waals surface area contributed by atoms with Crippen molar-refractivity contribution in [2.24, 2.45) is 5.10 Å². The average Bonchev–Trinajstić information content (AvgIpc) is 2.98. The number of rotatable bonds is 9. The summed E-state index contributed by atoms with van der Waals surface area (Å²) in [4.78, 5) is 48.9. The predicted octanol–water partition coefficient (Wildman–Crippen LogP) is 5.80. The van der Waals surface area contributed by atoms with Crippen molar-refractivity contribution >= 4 is 47.0 Å². The van der Waals surface area contributed by atoms with Crippen molar-refractivity contribution in [3.05, 3.63) is 128 Å². The van der Waals surface area contributed by atoms with E-state index in [9.17, 15) is 24.5 Å². The Labute approximate surface area is 244 Å². The van der Waals surface area contributed by atoms with Crippen LogP contribution in [0.5, 0.6) is 11.5 Å². The van der Waals surface area contributed by atoms with Crippen LogP contribution in [0.25, 0.3) is 0 Å². The first-order valence-electron chi connectivity index (χ1n) is 12.3. The van der Waals surface area contributed by atoms with Crippen molar-refractivity contribution in [3.8, 4) is 11.5 Å². The van der Waals surface area contributed by atoms with Crippen molar-refractivity contribution in [1.29, 1.82) is 0 Å². The van der Waals surface area contributed by atoms with Crippen molar-refractivity contribution in [3.63, 3.8) is 0 Å². The molecule has 0 radical (unpaired) electrons. The number of esters is 1. The molecule has 4 aromatic rings. The van der Waals surface area contributed by atoms with Crippen LogP contribution in [-0.4, -0.2) is 36.0 Å². The molecule has 0 fully saturated rings. The second-order valence-corrected chi connectivity index (χ2v) is 9.22. The zero-order valence-electron chi connectivity index (χ0n) is 22.3. The number of amides is 2. The summed E-state index contributed by atoms with van der Waals surface area (Å²) in [5.74, 6) is -2.06. The Balaban J connectivity index is 1.47. The van der Waals surface area contributed by atoms with Crippen molar-refractivity contribution in [2.75, 3.05) is 12.4 Å². The SMILES string of the molecule is COc1ccc(Cl)cc1C(=O)Oc1c(/C=N/NC(=O)c2ccc(NC(=O)c3ccc(C)cc3)cc2)cccc1[N+](=O)[O-]. The minimum atomic E-state index is -0.947. The quantitative estimate of drug-likeness (QED) is 0.0827. The number of nitro groups is 1. The fraction of sp³-hybridized carbons (Fsp3) is 0.0667. The van der Waals surface area contributed by atoms with E-state index in [1.54, 1.807) is 24.3 Å². The molecule has 2 amide bonds. The van der Waals surface area contributed by atoms with Gasteiger partial charge in [0.05, 0.1) is 18.2 Å². The number of para-hydroxylation sites is 1. The highest BCUT2D eigenvalue weighted by Gasteiger charge is 2.24. The van der Waals surface area contributed by atoms with E-state index in [0.717, 1.165) is 17.8 Å². The number of nitro benzene ring substituents is 1. The standard InChI is InChI=1S/C30H23ClN4O7/c1-18-6-8-19(9-7-18)28(36)33-23-13-10-20(11-14-23)29(37)34-32-17-21-4-3-5-25(35(39)40)27(21)42-30(38)24-16-22(31)12-15-26(24)41-2/h3-17H,1-2H3,(H,33,36)(H,34,37)/b32-17+. The summed E-state index contributed by atoms with van der Waals surface area (Å²) >= 11 is 5.99. The normalized spacial score (nSPS) is 10.6. The number of carbonyl (C=O) groups is 3. The minimum absolute atomic E-state index is 0.0437. The first-order valence-corrected chi connectivity index (χ1v) is 12.7. The van der Waals surface area contributed by atoms with E-state index in [1.807, 2.05) is 19.1 Å². The van der Waals surface area contributed by atoms with Gasteiger partial charge in [0.2, 0.25) is 5.75 Å². The molecule has 212 valence electrons. The molecule has 0 aliphatic rings. The molecule has 0 saturated carbocycles. The largest absolute Gasteiger partial charge is 0.496 e. The smallest absolute Gasteiger partial charge is 0.347 e. The van der Waals surface area contributed by atoms with Crippen LogP contribution < -0.4 is 20.2 Å². The van der Waals surface area contributed by atoms with E-state index in [-0.39, 0.29) is 39.1 Å². The fourth-order valence-electron chi connectivity index (χ4n) is 3.72. The number of hydrazone groups is 1. The highest BCUT2D eigenvalue weighted by Crippen LogP contribution is 2.32. The summed E-state index contributed by atoms with van der Waals surface area (Å²) in [7, 11) is 1.35. The zero-order valence-corrected chi connectivity index (χ0v) is 23.0. The number of aryl methyl sites for hydroxylation is 1. The maximum atomic E-state index is 12.9. The maximum absolute atomic E-state index is 12.9. The molecule has 12 heteroatoms. The molecule has 0 aliphatic carbocycles. The Morgan fingerprint density at radius 2 is 1.60 bits per heavy atom. The van der Waals surface area contributed by atoms with Gasteiger partial charge in [-0.3, -0.25) is 19.7 Å². The Hall–Kier alpha value is -5.55. The van der Waals surface area contributed by atoms with Crippen molar-refractivity contribution < 1.29 is 28.8 Å². The lowest BCUT2D eigenvalue weighted by Gasteiger charge is -2.11. The number of halogens is 1. The molecule has 4 aromatic carbocycles. The van der Waals surface area contributed by atoms with Gasteiger partial charge in [-0.15, -0.1) is 0 Å². The number of ether oxygens (including phenoxy) is 2. The average molecular weight is 587 g/mol. The molecular formula is C30H23ClN4O7. The molecule has 2 N–H and O–H groups in total. The number of benzene rings is 4. The van der Waals surface area contributed by atoms with Crippen LogP contribution in [0.2, 0.25) is 5.02 Å². The lowest BCUT2D eigenvalue weighted by atomic mass is 10.1. The van der Waals surface area contributed by atoms with E-state index >= 15 is 0 Å². The van der Waals surface area contributed by atoms with Gasteiger partial charge in [-0.1, -0.05) is 35.4 Å². The van der Waals surface area contributed by atoms with E-state index in [1.165, 1.54) is 49.6 Å². The number of anilines is 1. The molecule has 0 atom stereocenters. The topological polar surface area (TPSA) is 149 Å². The highest BCUT2D eigenvalue weighted by molar-refractivity contribution is 6.31. The summed E-state index contributed by atoms with van der Waals surface area (Å²) in [5.41, 5.74) is 4.08. The van der Waals surface area contributed by atoms with Crippen LogP contribution in [0.15, 0.2) is 90.0 Å². The molecule has 0 aliphatic heterocycles. The third-order valence-electron chi connectivity index (χ3n) is 5.89. The number of methoxy groups -OCH3 is 1. The van der Waals surface area contributed by atoms with Gasteiger partial charge in [0, 0.05) is 33.5 Å². The van der Waals surface area contributed by atoms with E-state index < -0.39 is 22.5 Å². The Morgan fingerprint density at radius 1 is 0.929 bits per heavy atom. The minimum Gasteiger partial charge on any atom is -0.496 e. The lowest BCUT2D eigenvalue weighted by Crippen LogP contribution is -2.18. The summed E-state index contributed by atoms with van der Waals surface area (Å²) in [6.45, 7) is 1.92.